The SMILES string of the molecule is CC(C)C(c1noc(=O)[nH]1)c1ccc(-c2ccc3cccc(F)c3c2)[nH]c1=O. The van der Waals surface area contributed by atoms with Crippen molar-refractivity contribution in [1.82, 2.24) is 15.1 Å². The number of hydrogen-bond donors (Lipinski definition) is 2. The van der Waals surface area contributed by atoms with Crippen molar-refractivity contribution in [3.05, 3.63) is 86.6 Å². The number of halogens is 1. The number of aromatic amines is 2. The lowest BCUT2D eigenvalue weighted by Crippen LogP contribution is -2.22. The van der Waals surface area contributed by atoms with E-state index in [2.05, 4.69) is 19.6 Å². The molecular weight excluding hydrogens is 361 g/mol. The fraction of sp³-hybridized carbons (Fsp3) is 0.190. The van der Waals surface area contributed by atoms with Gasteiger partial charge in [-0.05, 0) is 35.1 Å². The second-order valence-corrected chi connectivity index (χ2v) is 7.03. The Morgan fingerprint density at radius 3 is 2.54 bits per heavy atom. The molecule has 0 saturated carbocycles. The van der Waals surface area contributed by atoms with Crippen molar-refractivity contribution in [2.75, 3.05) is 0 Å². The molecule has 2 aromatic heterocycles. The van der Waals surface area contributed by atoms with E-state index < -0.39 is 11.7 Å². The lowest BCUT2D eigenvalue weighted by molar-refractivity contribution is 0.374. The van der Waals surface area contributed by atoms with Gasteiger partial charge < -0.3 is 4.98 Å². The summed E-state index contributed by atoms with van der Waals surface area (Å²) in [5, 5.41) is 5.02. The van der Waals surface area contributed by atoms with Gasteiger partial charge in [0, 0.05) is 16.6 Å². The zero-order chi connectivity index (χ0) is 19.8. The van der Waals surface area contributed by atoms with Crippen molar-refractivity contribution in [2.45, 2.75) is 19.8 Å². The maximum atomic E-state index is 14.1. The molecule has 4 aromatic rings. The van der Waals surface area contributed by atoms with Gasteiger partial charge in [0.25, 0.3) is 5.56 Å². The molecule has 28 heavy (non-hydrogen) atoms. The molecule has 0 spiro atoms. The molecule has 6 nitrogen and oxygen atoms in total. The van der Waals surface area contributed by atoms with E-state index in [-0.39, 0.29) is 17.3 Å². The Labute approximate surface area is 159 Å². The molecule has 1 atom stereocenters. The molecule has 7 heteroatoms. The smallest absolute Gasteiger partial charge is 0.322 e. The van der Waals surface area contributed by atoms with Crippen LogP contribution in [-0.4, -0.2) is 15.1 Å². The Hall–Kier alpha value is -3.48. The molecule has 2 heterocycles. The van der Waals surface area contributed by atoms with Gasteiger partial charge >= 0.3 is 5.76 Å². The van der Waals surface area contributed by atoms with E-state index in [0.29, 0.717) is 28.0 Å². The van der Waals surface area contributed by atoms with Crippen molar-refractivity contribution in [3.63, 3.8) is 0 Å². The predicted octanol–water partition coefficient (Wildman–Crippen LogP) is 3.80. The zero-order valence-electron chi connectivity index (χ0n) is 15.3. The highest BCUT2D eigenvalue weighted by Crippen LogP contribution is 2.29. The molecule has 0 amide bonds. The van der Waals surface area contributed by atoms with Crippen LogP contribution in [0.1, 0.15) is 31.2 Å². The third-order valence-corrected chi connectivity index (χ3v) is 4.83. The van der Waals surface area contributed by atoms with E-state index in [9.17, 15) is 14.0 Å². The average Bonchev–Trinajstić information content (AvgIpc) is 3.09. The van der Waals surface area contributed by atoms with Crippen LogP contribution >= 0.6 is 0 Å². The van der Waals surface area contributed by atoms with Crippen molar-refractivity contribution >= 4 is 10.8 Å². The molecule has 1 unspecified atom stereocenters. The second kappa shape index (κ2) is 6.92. The summed E-state index contributed by atoms with van der Waals surface area (Å²) in [6.07, 6.45) is 0. The normalized spacial score (nSPS) is 12.6. The van der Waals surface area contributed by atoms with Gasteiger partial charge in [0.05, 0.1) is 5.92 Å². The van der Waals surface area contributed by atoms with E-state index in [1.165, 1.54) is 6.07 Å². The number of hydrogen-bond acceptors (Lipinski definition) is 4. The van der Waals surface area contributed by atoms with Crippen molar-refractivity contribution in [2.24, 2.45) is 5.92 Å². The first kappa shape index (κ1) is 17.9. The number of benzene rings is 2. The standard InChI is InChI=1S/C21H18FN3O3/c1-11(2)18(19-24-21(27)28-25-19)14-8-9-17(23-20(14)26)13-7-6-12-4-3-5-16(22)15(12)10-13/h3-11,18H,1-2H3,(H,23,26)(H,24,25,27). The number of nitrogens with one attached hydrogen (secondary N) is 2. The molecule has 0 saturated heterocycles. The van der Waals surface area contributed by atoms with E-state index in [4.69, 9.17) is 0 Å². The van der Waals surface area contributed by atoms with E-state index in [0.717, 1.165) is 5.39 Å². The number of nitrogens with zero attached hydrogens (tertiary/aromatic N) is 1. The van der Waals surface area contributed by atoms with Crippen molar-refractivity contribution < 1.29 is 8.91 Å². The first-order valence-electron chi connectivity index (χ1n) is 8.92. The molecule has 0 aliphatic rings. The van der Waals surface area contributed by atoms with Gasteiger partial charge in [0.2, 0.25) is 0 Å². The molecule has 2 aromatic carbocycles. The van der Waals surface area contributed by atoms with Gasteiger partial charge in [0.15, 0.2) is 5.82 Å². The van der Waals surface area contributed by atoms with Crippen LogP contribution in [-0.2, 0) is 0 Å². The quantitative estimate of drug-likeness (QED) is 0.564. The molecule has 4 rings (SSSR count). The van der Waals surface area contributed by atoms with Gasteiger partial charge in [-0.3, -0.25) is 14.3 Å². The lowest BCUT2D eigenvalue weighted by Gasteiger charge is -2.17. The molecule has 0 bridgehead atoms. The lowest BCUT2D eigenvalue weighted by atomic mass is 9.88. The molecular formula is C21H18FN3O3. The van der Waals surface area contributed by atoms with Crippen LogP contribution in [0.4, 0.5) is 4.39 Å². The first-order valence-corrected chi connectivity index (χ1v) is 8.92. The van der Waals surface area contributed by atoms with Crippen molar-refractivity contribution in [1.29, 1.82) is 0 Å². The average molecular weight is 379 g/mol. The fourth-order valence-corrected chi connectivity index (χ4v) is 3.50. The fourth-order valence-electron chi connectivity index (χ4n) is 3.50. The largest absolute Gasteiger partial charge is 0.438 e. The minimum Gasteiger partial charge on any atom is -0.322 e. The van der Waals surface area contributed by atoms with Gasteiger partial charge in [-0.25, -0.2) is 9.18 Å². The summed E-state index contributed by atoms with van der Waals surface area (Å²) >= 11 is 0. The van der Waals surface area contributed by atoms with Gasteiger partial charge in [-0.2, -0.15) is 0 Å². The third-order valence-electron chi connectivity index (χ3n) is 4.83. The Kier molecular flexibility index (Phi) is 4.43. The molecule has 0 aliphatic carbocycles. The highest BCUT2D eigenvalue weighted by molar-refractivity contribution is 5.87. The summed E-state index contributed by atoms with van der Waals surface area (Å²) in [6.45, 7) is 3.86. The summed E-state index contributed by atoms with van der Waals surface area (Å²) < 4.78 is 18.7. The topological polar surface area (TPSA) is 91.8 Å². The molecule has 142 valence electrons. The first-order chi connectivity index (χ1) is 13.4. The summed E-state index contributed by atoms with van der Waals surface area (Å²) in [5.74, 6) is -1.08. The summed E-state index contributed by atoms with van der Waals surface area (Å²) in [5.41, 5.74) is 1.45. The Morgan fingerprint density at radius 1 is 1.04 bits per heavy atom. The summed E-state index contributed by atoms with van der Waals surface area (Å²) in [7, 11) is 0. The van der Waals surface area contributed by atoms with Crippen LogP contribution in [0.2, 0.25) is 0 Å². The molecule has 0 aliphatic heterocycles. The number of rotatable bonds is 4. The van der Waals surface area contributed by atoms with Crippen LogP contribution in [0, 0.1) is 11.7 Å². The minimum absolute atomic E-state index is 0.00228. The Bertz CT molecular complexity index is 1270. The summed E-state index contributed by atoms with van der Waals surface area (Å²) in [4.78, 5) is 29.5. The van der Waals surface area contributed by atoms with Gasteiger partial charge in [-0.15, -0.1) is 0 Å². The van der Waals surface area contributed by atoms with Crippen LogP contribution in [0.5, 0.6) is 0 Å². The number of aromatic nitrogens is 3. The predicted molar refractivity (Wildman–Crippen MR) is 104 cm³/mol. The van der Waals surface area contributed by atoms with E-state index in [1.54, 1.807) is 24.3 Å². The highest BCUT2D eigenvalue weighted by atomic mass is 19.1. The van der Waals surface area contributed by atoms with E-state index >= 15 is 0 Å². The van der Waals surface area contributed by atoms with Crippen LogP contribution < -0.4 is 11.3 Å². The molecule has 0 radical (unpaired) electrons. The third kappa shape index (κ3) is 3.15. The zero-order valence-corrected chi connectivity index (χ0v) is 15.3. The number of H-pyrrole nitrogens is 2. The number of pyridine rings is 1. The molecule has 0 fully saturated rings. The monoisotopic (exact) mass is 379 g/mol. The second-order valence-electron chi connectivity index (χ2n) is 7.03. The van der Waals surface area contributed by atoms with E-state index in [1.807, 2.05) is 32.0 Å². The Morgan fingerprint density at radius 2 is 1.86 bits per heavy atom. The van der Waals surface area contributed by atoms with Crippen molar-refractivity contribution in [3.8, 4) is 11.3 Å². The maximum Gasteiger partial charge on any atom is 0.438 e. The summed E-state index contributed by atoms with van der Waals surface area (Å²) in [6, 6.07) is 13.7. The number of fused-ring (bicyclic) bond motifs is 1. The minimum atomic E-state index is -0.660. The van der Waals surface area contributed by atoms with Crippen LogP contribution in [0.25, 0.3) is 22.0 Å². The highest BCUT2D eigenvalue weighted by Gasteiger charge is 2.25. The van der Waals surface area contributed by atoms with Crippen LogP contribution in [0.3, 0.4) is 0 Å². The maximum absolute atomic E-state index is 14.1. The van der Waals surface area contributed by atoms with Gasteiger partial charge in [0.1, 0.15) is 5.82 Å². The molecule has 2 N–H and O–H groups in total. The Balaban J connectivity index is 1.78. The van der Waals surface area contributed by atoms with Crippen LogP contribution in [0.15, 0.2) is 62.6 Å². The van der Waals surface area contributed by atoms with Gasteiger partial charge in [-0.1, -0.05) is 49.3 Å².